The first kappa shape index (κ1) is 18.0. The molecule has 6 heteroatoms. The molecule has 1 aromatic rings. The fraction of sp³-hybridized carbons (Fsp3) is 0.737. The normalized spacial score (nSPS) is 18.3. The summed E-state index contributed by atoms with van der Waals surface area (Å²) in [5.74, 6) is 1.10. The third kappa shape index (κ3) is 4.61. The second kappa shape index (κ2) is 8.02. The van der Waals surface area contributed by atoms with Crippen LogP contribution in [0.1, 0.15) is 68.6 Å². The summed E-state index contributed by atoms with van der Waals surface area (Å²) in [4.78, 5) is 26.7. The molecule has 0 saturated heterocycles. The molecule has 1 saturated carbocycles. The molecule has 0 aromatic carbocycles. The molecular weight excluding hydrogens is 316 g/mol. The number of aromatic nitrogens is 2. The summed E-state index contributed by atoms with van der Waals surface area (Å²) in [5.41, 5.74) is 1.41. The monoisotopic (exact) mass is 346 g/mol. The standard InChI is InChI=1S/C19H30N4O2/c1-14(2)12-20-19(25)17-11-16-13-22(8-9-23(16)21-17)18(24)10-15-6-4-3-5-7-15/h11,14-15H,3-10,12-13H2,1-2H3,(H,20,25). The Bertz CT molecular complexity index is 617. The third-order valence-corrected chi connectivity index (χ3v) is 5.24. The third-order valence-electron chi connectivity index (χ3n) is 5.24. The van der Waals surface area contributed by atoms with Crippen LogP contribution in [0.25, 0.3) is 0 Å². The van der Waals surface area contributed by atoms with Gasteiger partial charge in [-0.15, -0.1) is 0 Å². The van der Waals surface area contributed by atoms with Gasteiger partial charge in [0.25, 0.3) is 5.91 Å². The highest BCUT2D eigenvalue weighted by Gasteiger charge is 2.26. The quantitative estimate of drug-likeness (QED) is 0.891. The fourth-order valence-electron chi connectivity index (χ4n) is 3.74. The highest BCUT2D eigenvalue weighted by atomic mass is 16.2. The van der Waals surface area contributed by atoms with Crippen LogP contribution in [0, 0.1) is 11.8 Å². The van der Waals surface area contributed by atoms with Crippen molar-refractivity contribution >= 4 is 11.8 Å². The average molecular weight is 346 g/mol. The predicted molar refractivity (Wildman–Crippen MR) is 96.0 cm³/mol. The zero-order valence-electron chi connectivity index (χ0n) is 15.5. The number of fused-ring (bicyclic) bond motifs is 1. The summed E-state index contributed by atoms with van der Waals surface area (Å²) in [6.45, 7) is 6.70. The lowest BCUT2D eigenvalue weighted by molar-refractivity contribution is -0.134. The number of hydrogen-bond acceptors (Lipinski definition) is 3. The predicted octanol–water partition coefficient (Wildman–Crippen LogP) is 2.58. The molecule has 1 fully saturated rings. The molecule has 0 bridgehead atoms. The van der Waals surface area contributed by atoms with E-state index in [1.54, 1.807) is 0 Å². The van der Waals surface area contributed by atoms with Crippen molar-refractivity contribution in [3.8, 4) is 0 Å². The number of amides is 2. The summed E-state index contributed by atoms with van der Waals surface area (Å²) in [6.07, 6.45) is 6.90. The van der Waals surface area contributed by atoms with Crippen LogP contribution >= 0.6 is 0 Å². The van der Waals surface area contributed by atoms with E-state index in [-0.39, 0.29) is 11.8 Å². The van der Waals surface area contributed by atoms with Gasteiger partial charge in [-0.2, -0.15) is 5.10 Å². The Morgan fingerprint density at radius 2 is 2.00 bits per heavy atom. The molecule has 1 aromatic heterocycles. The fourth-order valence-corrected chi connectivity index (χ4v) is 3.74. The molecule has 1 aliphatic carbocycles. The molecule has 2 aliphatic rings. The van der Waals surface area contributed by atoms with E-state index in [0.717, 1.165) is 5.69 Å². The lowest BCUT2D eigenvalue weighted by Crippen LogP contribution is -2.39. The van der Waals surface area contributed by atoms with E-state index in [1.165, 1.54) is 32.1 Å². The van der Waals surface area contributed by atoms with Crippen molar-refractivity contribution in [1.29, 1.82) is 0 Å². The molecule has 0 atom stereocenters. The van der Waals surface area contributed by atoms with E-state index in [1.807, 2.05) is 15.6 Å². The first-order valence-corrected chi connectivity index (χ1v) is 9.65. The van der Waals surface area contributed by atoms with Crippen molar-refractivity contribution in [1.82, 2.24) is 20.0 Å². The molecule has 1 N–H and O–H groups in total. The molecule has 1 aliphatic heterocycles. The molecule has 138 valence electrons. The second-order valence-electron chi connectivity index (χ2n) is 7.87. The maximum atomic E-state index is 12.6. The molecule has 0 spiro atoms. The van der Waals surface area contributed by atoms with Gasteiger partial charge in [-0.25, -0.2) is 0 Å². The van der Waals surface area contributed by atoms with Gasteiger partial charge in [0.05, 0.1) is 18.8 Å². The molecule has 2 amide bonds. The van der Waals surface area contributed by atoms with Crippen LogP contribution in [-0.2, 0) is 17.9 Å². The minimum Gasteiger partial charge on any atom is -0.350 e. The lowest BCUT2D eigenvalue weighted by atomic mass is 9.86. The van der Waals surface area contributed by atoms with E-state index in [0.29, 0.717) is 50.1 Å². The smallest absolute Gasteiger partial charge is 0.271 e. The van der Waals surface area contributed by atoms with Gasteiger partial charge in [-0.05, 0) is 30.7 Å². The Morgan fingerprint density at radius 3 is 2.72 bits per heavy atom. The number of nitrogens with one attached hydrogen (secondary N) is 1. The summed E-state index contributed by atoms with van der Waals surface area (Å²) in [6, 6.07) is 1.83. The zero-order valence-corrected chi connectivity index (χ0v) is 15.5. The molecule has 0 radical (unpaired) electrons. The second-order valence-corrected chi connectivity index (χ2v) is 7.87. The van der Waals surface area contributed by atoms with Crippen LogP contribution in [-0.4, -0.2) is 39.6 Å². The van der Waals surface area contributed by atoms with Gasteiger partial charge in [-0.3, -0.25) is 14.3 Å². The average Bonchev–Trinajstić information content (AvgIpc) is 3.03. The molecule has 25 heavy (non-hydrogen) atoms. The van der Waals surface area contributed by atoms with Gasteiger partial charge in [0, 0.05) is 19.5 Å². The van der Waals surface area contributed by atoms with Crippen molar-refractivity contribution in [2.24, 2.45) is 11.8 Å². The Kier molecular flexibility index (Phi) is 5.76. The van der Waals surface area contributed by atoms with Crippen LogP contribution in [0.2, 0.25) is 0 Å². The number of carbonyl (C=O) groups excluding carboxylic acids is 2. The van der Waals surface area contributed by atoms with Crippen molar-refractivity contribution in [2.45, 2.75) is 65.5 Å². The van der Waals surface area contributed by atoms with Crippen LogP contribution in [0.15, 0.2) is 6.07 Å². The minimum atomic E-state index is -0.129. The van der Waals surface area contributed by atoms with E-state index < -0.39 is 0 Å². The van der Waals surface area contributed by atoms with E-state index in [4.69, 9.17) is 0 Å². The molecule has 0 unspecified atom stereocenters. The molecule has 2 heterocycles. The minimum absolute atomic E-state index is 0.129. The SMILES string of the molecule is CC(C)CNC(=O)c1cc2n(n1)CCN(C(=O)CC1CCCCC1)C2. The van der Waals surface area contributed by atoms with E-state index in [2.05, 4.69) is 24.3 Å². The molecular formula is C19H30N4O2. The highest BCUT2D eigenvalue weighted by Crippen LogP contribution is 2.27. The number of hydrogen-bond donors (Lipinski definition) is 1. The van der Waals surface area contributed by atoms with Gasteiger partial charge in [0.1, 0.15) is 0 Å². The topological polar surface area (TPSA) is 67.2 Å². The van der Waals surface area contributed by atoms with Crippen molar-refractivity contribution in [2.75, 3.05) is 13.1 Å². The van der Waals surface area contributed by atoms with Gasteiger partial charge in [0.15, 0.2) is 5.69 Å². The molecule has 3 rings (SSSR count). The summed E-state index contributed by atoms with van der Waals surface area (Å²) in [5, 5.41) is 7.31. The Labute approximate surface area is 149 Å². The first-order valence-electron chi connectivity index (χ1n) is 9.65. The van der Waals surface area contributed by atoms with Crippen LogP contribution < -0.4 is 5.32 Å². The molecule has 6 nitrogen and oxygen atoms in total. The number of carbonyl (C=O) groups is 2. The Morgan fingerprint density at radius 1 is 1.24 bits per heavy atom. The number of rotatable bonds is 5. The van der Waals surface area contributed by atoms with Gasteiger partial charge in [-0.1, -0.05) is 33.1 Å². The first-order chi connectivity index (χ1) is 12.0. The van der Waals surface area contributed by atoms with Crippen LogP contribution in [0.5, 0.6) is 0 Å². The van der Waals surface area contributed by atoms with Crippen LogP contribution in [0.4, 0.5) is 0 Å². The highest BCUT2D eigenvalue weighted by molar-refractivity contribution is 5.92. The van der Waals surface area contributed by atoms with Crippen LogP contribution in [0.3, 0.4) is 0 Å². The largest absolute Gasteiger partial charge is 0.350 e. The zero-order chi connectivity index (χ0) is 17.8. The Hall–Kier alpha value is -1.85. The van der Waals surface area contributed by atoms with Crippen molar-refractivity contribution in [3.63, 3.8) is 0 Å². The number of nitrogens with zero attached hydrogens (tertiary/aromatic N) is 3. The summed E-state index contributed by atoms with van der Waals surface area (Å²) < 4.78 is 1.87. The maximum absolute atomic E-state index is 12.6. The van der Waals surface area contributed by atoms with Gasteiger partial charge in [0.2, 0.25) is 5.91 Å². The van der Waals surface area contributed by atoms with E-state index >= 15 is 0 Å². The maximum Gasteiger partial charge on any atom is 0.271 e. The van der Waals surface area contributed by atoms with E-state index in [9.17, 15) is 9.59 Å². The Balaban J connectivity index is 1.57. The summed E-state index contributed by atoms with van der Waals surface area (Å²) >= 11 is 0. The van der Waals surface area contributed by atoms with Crippen molar-refractivity contribution < 1.29 is 9.59 Å². The summed E-state index contributed by atoms with van der Waals surface area (Å²) in [7, 11) is 0. The van der Waals surface area contributed by atoms with Crippen molar-refractivity contribution in [3.05, 3.63) is 17.5 Å². The van der Waals surface area contributed by atoms with Gasteiger partial charge < -0.3 is 10.2 Å². The van der Waals surface area contributed by atoms with Gasteiger partial charge >= 0.3 is 0 Å². The lowest BCUT2D eigenvalue weighted by Gasteiger charge is -2.30.